The number of furan rings is 1. The van der Waals surface area contributed by atoms with Crippen LogP contribution in [0.15, 0.2) is 10.5 Å². The van der Waals surface area contributed by atoms with Crippen molar-refractivity contribution in [1.82, 2.24) is 0 Å². The molecule has 0 radical (unpaired) electrons. The molecule has 1 heterocycles. The van der Waals surface area contributed by atoms with E-state index < -0.39 is 23.4 Å². The first-order valence-corrected chi connectivity index (χ1v) is 3.66. The number of aromatic hydroxyl groups is 1. The van der Waals surface area contributed by atoms with Gasteiger partial charge in [0.05, 0.1) is 7.11 Å². The van der Waals surface area contributed by atoms with Crippen molar-refractivity contribution in [2.45, 2.75) is 6.42 Å². The van der Waals surface area contributed by atoms with Gasteiger partial charge < -0.3 is 19.4 Å². The van der Waals surface area contributed by atoms with E-state index in [0.29, 0.717) is 0 Å². The molecule has 6 heteroatoms. The quantitative estimate of drug-likeness (QED) is 0.685. The van der Waals surface area contributed by atoms with Crippen LogP contribution < -0.4 is 0 Å². The highest BCUT2D eigenvalue weighted by Crippen LogP contribution is 2.22. The average molecular weight is 200 g/mol. The van der Waals surface area contributed by atoms with Crippen LogP contribution in [0.5, 0.6) is 5.75 Å². The molecule has 2 N–H and O–H groups in total. The number of carbonyl (C=O) groups is 2. The van der Waals surface area contributed by atoms with E-state index in [2.05, 4.69) is 4.74 Å². The lowest BCUT2D eigenvalue weighted by atomic mass is 10.3. The van der Waals surface area contributed by atoms with Crippen molar-refractivity contribution in [3.63, 3.8) is 0 Å². The molecule has 0 unspecified atom stereocenters. The molecule has 6 nitrogen and oxygen atoms in total. The van der Waals surface area contributed by atoms with Crippen molar-refractivity contribution < 1.29 is 29.0 Å². The van der Waals surface area contributed by atoms with Gasteiger partial charge in [-0.3, -0.25) is 4.79 Å². The van der Waals surface area contributed by atoms with E-state index in [1.54, 1.807) is 0 Å². The topological polar surface area (TPSA) is 97.0 Å². The van der Waals surface area contributed by atoms with Gasteiger partial charge in [-0.2, -0.15) is 0 Å². The lowest BCUT2D eigenvalue weighted by Crippen LogP contribution is -2.03. The highest BCUT2D eigenvalue weighted by atomic mass is 16.5. The van der Waals surface area contributed by atoms with Crippen LogP contribution >= 0.6 is 0 Å². The summed E-state index contributed by atoms with van der Waals surface area (Å²) in [5, 5.41) is 17.6. The number of hydrogen-bond acceptors (Lipinski definition) is 5. The number of carboxylic acid groups (broad SMARTS) is 1. The summed E-state index contributed by atoms with van der Waals surface area (Å²) in [4.78, 5) is 21.2. The molecule has 1 aromatic heterocycles. The summed E-state index contributed by atoms with van der Waals surface area (Å²) in [6.07, 6.45) is -0.211. The summed E-state index contributed by atoms with van der Waals surface area (Å²) in [5.41, 5.74) is 0. The van der Waals surface area contributed by atoms with Gasteiger partial charge >= 0.3 is 11.9 Å². The average Bonchev–Trinajstić information content (AvgIpc) is 2.46. The first-order valence-electron chi connectivity index (χ1n) is 3.66. The number of methoxy groups -OCH3 is 1. The Bertz CT molecular complexity index is 364. The molecule has 0 atom stereocenters. The Labute approximate surface area is 78.7 Å². The number of carbonyl (C=O) groups excluding carboxylic acids is 1. The van der Waals surface area contributed by atoms with Crippen LogP contribution in [0, 0.1) is 0 Å². The second-order valence-electron chi connectivity index (χ2n) is 2.49. The second-order valence-corrected chi connectivity index (χ2v) is 2.49. The Morgan fingerprint density at radius 1 is 1.57 bits per heavy atom. The van der Waals surface area contributed by atoms with Crippen molar-refractivity contribution >= 4 is 11.9 Å². The predicted octanol–water partition coefficient (Wildman–Crippen LogP) is 0.399. The maximum Gasteiger partial charge on any atom is 0.375 e. The fraction of sp³-hybridized carbons (Fsp3) is 0.250. The molecule has 1 aromatic rings. The second kappa shape index (κ2) is 3.82. The fourth-order valence-electron chi connectivity index (χ4n) is 0.886. The van der Waals surface area contributed by atoms with Crippen LogP contribution in [-0.2, 0) is 16.0 Å². The maximum absolute atomic E-state index is 10.8. The molecule has 0 aliphatic carbocycles. The third-order valence-electron chi connectivity index (χ3n) is 1.50. The van der Waals surface area contributed by atoms with Crippen molar-refractivity contribution in [3.05, 3.63) is 17.6 Å². The van der Waals surface area contributed by atoms with E-state index in [4.69, 9.17) is 14.6 Å². The molecule has 0 saturated carbocycles. The molecular weight excluding hydrogens is 192 g/mol. The Balaban J connectivity index is 2.86. The van der Waals surface area contributed by atoms with Crippen molar-refractivity contribution in [2.75, 3.05) is 7.11 Å². The summed E-state index contributed by atoms with van der Waals surface area (Å²) < 4.78 is 9.03. The first-order chi connectivity index (χ1) is 6.54. The third-order valence-corrected chi connectivity index (χ3v) is 1.50. The van der Waals surface area contributed by atoms with Gasteiger partial charge in [-0.1, -0.05) is 0 Å². The van der Waals surface area contributed by atoms with E-state index in [0.717, 1.165) is 6.07 Å². The number of carboxylic acids is 1. The molecule has 0 saturated heterocycles. The van der Waals surface area contributed by atoms with Gasteiger partial charge in [0, 0.05) is 6.07 Å². The molecule has 14 heavy (non-hydrogen) atoms. The molecule has 0 fully saturated rings. The summed E-state index contributed by atoms with van der Waals surface area (Å²) in [6.45, 7) is 0. The molecule has 0 aromatic carbocycles. The largest absolute Gasteiger partial charge is 0.504 e. The first kappa shape index (κ1) is 10.1. The number of ether oxygens (including phenoxy) is 1. The zero-order valence-corrected chi connectivity index (χ0v) is 7.31. The van der Waals surface area contributed by atoms with Gasteiger partial charge in [-0.05, 0) is 0 Å². The smallest absolute Gasteiger partial charge is 0.375 e. The van der Waals surface area contributed by atoms with E-state index in [1.807, 2.05) is 0 Å². The number of rotatable bonds is 3. The number of esters is 1. The summed E-state index contributed by atoms with van der Waals surface area (Å²) in [6, 6.07) is 1.07. The van der Waals surface area contributed by atoms with E-state index in [-0.39, 0.29) is 12.2 Å². The molecule has 0 aliphatic rings. The summed E-state index contributed by atoms with van der Waals surface area (Å²) in [5.74, 6) is -3.00. The van der Waals surface area contributed by atoms with E-state index in [9.17, 15) is 9.59 Å². The van der Waals surface area contributed by atoms with Crippen LogP contribution in [0.1, 0.15) is 16.3 Å². The van der Waals surface area contributed by atoms with Gasteiger partial charge in [-0.15, -0.1) is 0 Å². The van der Waals surface area contributed by atoms with E-state index in [1.165, 1.54) is 7.11 Å². The minimum absolute atomic E-state index is 0.0479. The molecule has 0 amide bonds. The summed E-state index contributed by atoms with van der Waals surface area (Å²) >= 11 is 0. The highest BCUT2D eigenvalue weighted by molar-refractivity contribution is 5.87. The van der Waals surface area contributed by atoms with Gasteiger partial charge in [-0.25, -0.2) is 4.79 Å². The van der Waals surface area contributed by atoms with Crippen LogP contribution in [0.3, 0.4) is 0 Å². The third kappa shape index (κ3) is 2.03. The van der Waals surface area contributed by atoms with Crippen molar-refractivity contribution in [1.29, 1.82) is 0 Å². The van der Waals surface area contributed by atoms with Crippen LogP contribution in [-0.4, -0.2) is 29.3 Å². The number of aromatic carboxylic acids is 1. The lowest BCUT2D eigenvalue weighted by Gasteiger charge is -1.93. The molecule has 76 valence electrons. The van der Waals surface area contributed by atoms with Crippen molar-refractivity contribution in [2.24, 2.45) is 0 Å². The maximum atomic E-state index is 10.8. The Morgan fingerprint density at radius 3 is 2.64 bits per heavy atom. The highest BCUT2D eigenvalue weighted by Gasteiger charge is 2.18. The monoisotopic (exact) mass is 200 g/mol. The van der Waals surface area contributed by atoms with Crippen LogP contribution in [0.2, 0.25) is 0 Å². The Kier molecular flexibility index (Phi) is 2.76. The molecular formula is C8H8O6. The van der Waals surface area contributed by atoms with Crippen molar-refractivity contribution in [3.8, 4) is 5.75 Å². The standard InChI is InChI=1S/C8H8O6/c1-13-6(10)3-4-2-5(9)7(14-4)8(11)12/h2,9H,3H2,1H3,(H,11,12). The fourth-order valence-corrected chi connectivity index (χ4v) is 0.886. The SMILES string of the molecule is COC(=O)Cc1cc(O)c(C(=O)O)o1. The summed E-state index contributed by atoms with van der Waals surface area (Å²) in [7, 11) is 1.20. The molecule has 0 aliphatic heterocycles. The Morgan fingerprint density at radius 2 is 2.21 bits per heavy atom. The zero-order chi connectivity index (χ0) is 10.7. The molecule has 0 bridgehead atoms. The normalized spacial score (nSPS) is 9.79. The minimum atomic E-state index is -1.39. The lowest BCUT2D eigenvalue weighted by molar-refractivity contribution is -0.140. The van der Waals surface area contributed by atoms with Gasteiger partial charge in [0.1, 0.15) is 12.2 Å². The number of hydrogen-bond donors (Lipinski definition) is 2. The minimum Gasteiger partial charge on any atom is -0.504 e. The van der Waals surface area contributed by atoms with Gasteiger partial charge in [0.2, 0.25) is 0 Å². The van der Waals surface area contributed by atoms with Gasteiger partial charge in [0.15, 0.2) is 5.75 Å². The van der Waals surface area contributed by atoms with Gasteiger partial charge in [0.25, 0.3) is 5.76 Å². The molecule has 1 rings (SSSR count). The predicted molar refractivity (Wildman–Crippen MR) is 43.1 cm³/mol. The van der Waals surface area contributed by atoms with E-state index >= 15 is 0 Å². The Hall–Kier alpha value is -1.98. The molecule has 0 spiro atoms. The van der Waals surface area contributed by atoms with Crippen LogP contribution in [0.25, 0.3) is 0 Å². The van der Waals surface area contributed by atoms with Crippen LogP contribution in [0.4, 0.5) is 0 Å². The zero-order valence-electron chi connectivity index (χ0n) is 7.31.